The van der Waals surface area contributed by atoms with Gasteiger partial charge in [0.05, 0.1) is 0 Å². The van der Waals surface area contributed by atoms with Crippen molar-refractivity contribution < 1.29 is 0 Å². The van der Waals surface area contributed by atoms with Gasteiger partial charge in [-0.05, 0) is 47.0 Å². The lowest BCUT2D eigenvalue weighted by Gasteiger charge is -2.31. The van der Waals surface area contributed by atoms with Crippen molar-refractivity contribution in [2.45, 2.75) is 6.17 Å². The van der Waals surface area contributed by atoms with Crippen molar-refractivity contribution in [3.8, 4) is 11.1 Å². The van der Waals surface area contributed by atoms with Crippen LogP contribution in [0.4, 0.5) is 0 Å². The second-order valence-corrected chi connectivity index (χ2v) is 7.17. The van der Waals surface area contributed by atoms with E-state index >= 15 is 0 Å². The maximum Gasteiger partial charge on any atom is 0.178 e. The Bertz CT molecular complexity index is 1220. The molecule has 6 nitrogen and oxygen atoms in total. The first-order valence-electron chi connectivity index (χ1n) is 10.0. The van der Waals surface area contributed by atoms with E-state index in [4.69, 9.17) is 9.98 Å². The number of aromatic nitrogens is 3. The molecule has 0 fully saturated rings. The molecule has 150 valence electrons. The van der Waals surface area contributed by atoms with Gasteiger partial charge < -0.3 is 4.90 Å². The Labute approximate surface area is 180 Å². The molecule has 4 aromatic rings. The Kier molecular flexibility index (Phi) is 5.02. The Morgan fingerprint density at radius 2 is 1.45 bits per heavy atom. The SMILES string of the molecule is CN1C(c2ccccn2)=NC(c2ccccn2)=NC1c1ccc(-c2cccnc2)cc1. The van der Waals surface area contributed by atoms with Gasteiger partial charge in [-0.2, -0.15) is 0 Å². The summed E-state index contributed by atoms with van der Waals surface area (Å²) >= 11 is 0. The molecule has 4 heterocycles. The van der Waals surface area contributed by atoms with Gasteiger partial charge in [0, 0.05) is 31.8 Å². The summed E-state index contributed by atoms with van der Waals surface area (Å²) < 4.78 is 0. The Morgan fingerprint density at radius 1 is 0.710 bits per heavy atom. The molecule has 1 aliphatic rings. The van der Waals surface area contributed by atoms with Gasteiger partial charge in [-0.15, -0.1) is 0 Å². The van der Waals surface area contributed by atoms with Crippen LogP contribution >= 0.6 is 0 Å². The van der Waals surface area contributed by atoms with Gasteiger partial charge in [-0.25, -0.2) is 9.98 Å². The van der Waals surface area contributed by atoms with Gasteiger partial charge in [0.15, 0.2) is 17.8 Å². The van der Waals surface area contributed by atoms with Gasteiger partial charge in [0.25, 0.3) is 0 Å². The van der Waals surface area contributed by atoms with E-state index < -0.39 is 0 Å². The average Bonchev–Trinajstić information content (AvgIpc) is 2.86. The maximum absolute atomic E-state index is 4.93. The summed E-state index contributed by atoms with van der Waals surface area (Å²) in [6.45, 7) is 0. The van der Waals surface area contributed by atoms with Crippen LogP contribution in [-0.4, -0.2) is 38.6 Å². The normalized spacial score (nSPS) is 15.9. The van der Waals surface area contributed by atoms with Crippen LogP contribution in [0.25, 0.3) is 11.1 Å². The van der Waals surface area contributed by atoms with Crippen LogP contribution in [0.1, 0.15) is 23.1 Å². The van der Waals surface area contributed by atoms with E-state index in [0.29, 0.717) is 5.84 Å². The zero-order valence-electron chi connectivity index (χ0n) is 17.0. The van der Waals surface area contributed by atoms with E-state index in [1.54, 1.807) is 18.6 Å². The summed E-state index contributed by atoms with van der Waals surface area (Å²) in [6, 6.07) is 24.0. The van der Waals surface area contributed by atoms with Crippen molar-refractivity contribution >= 4 is 11.7 Å². The van der Waals surface area contributed by atoms with Gasteiger partial charge in [-0.3, -0.25) is 15.0 Å². The minimum Gasteiger partial charge on any atom is -0.332 e. The molecule has 31 heavy (non-hydrogen) atoms. The molecule has 0 aliphatic carbocycles. The first kappa shape index (κ1) is 18.8. The summed E-state index contributed by atoms with van der Waals surface area (Å²) in [4.78, 5) is 25.0. The summed E-state index contributed by atoms with van der Waals surface area (Å²) in [5.41, 5.74) is 4.79. The largest absolute Gasteiger partial charge is 0.332 e. The molecule has 0 N–H and O–H groups in total. The molecule has 1 aromatic carbocycles. The molecular weight excluding hydrogens is 384 g/mol. The third-order valence-corrected chi connectivity index (χ3v) is 5.15. The third-order valence-electron chi connectivity index (χ3n) is 5.15. The Balaban J connectivity index is 1.56. The van der Waals surface area contributed by atoms with E-state index in [-0.39, 0.29) is 6.17 Å². The van der Waals surface area contributed by atoms with Crippen LogP contribution in [0.2, 0.25) is 0 Å². The number of benzene rings is 1. The molecule has 0 spiro atoms. The highest BCUT2D eigenvalue weighted by Gasteiger charge is 2.27. The molecule has 5 rings (SSSR count). The fraction of sp³-hybridized carbons (Fsp3) is 0.0800. The molecule has 0 saturated heterocycles. The van der Waals surface area contributed by atoms with Crippen LogP contribution in [0.3, 0.4) is 0 Å². The fourth-order valence-corrected chi connectivity index (χ4v) is 3.56. The fourth-order valence-electron chi connectivity index (χ4n) is 3.56. The summed E-state index contributed by atoms with van der Waals surface area (Å²) in [5, 5.41) is 0. The molecule has 1 aliphatic heterocycles. The molecular formula is C25H20N6. The molecule has 1 unspecified atom stereocenters. The second-order valence-electron chi connectivity index (χ2n) is 7.17. The van der Waals surface area contributed by atoms with Crippen LogP contribution in [0.15, 0.2) is 108 Å². The molecule has 3 aromatic heterocycles. The quantitative estimate of drug-likeness (QED) is 0.506. The predicted molar refractivity (Wildman–Crippen MR) is 122 cm³/mol. The molecule has 1 atom stereocenters. The number of nitrogens with zero attached hydrogens (tertiary/aromatic N) is 6. The molecule has 0 radical (unpaired) electrons. The maximum atomic E-state index is 4.93. The lowest BCUT2D eigenvalue weighted by Crippen LogP contribution is -2.36. The highest BCUT2D eigenvalue weighted by Crippen LogP contribution is 2.29. The van der Waals surface area contributed by atoms with Crippen LogP contribution in [0, 0.1) is 0 Å². The third kappa shape index (κ3) is 3.83. The molecule has 0 bridgehead atoms. The van der Waals surface area contributed by atoms with Gasteiger partial charge >= 0.3 is 0 Å². The van der Waals surface area contributed by atoms with Crippen molar-refractivity contribution in [1.29, 1.82) is 0 Å². The van der Waals surface area contributed by atoms with Gasteiger partial charge in [0.1, 0.15) is 11.4 Å². The number of aliphatic imine (C=N–C) groups is 2. The number of hydrogen-bond donors (Lipinski definition) is 0. The molecule has 0 amide bonds. The first-order valence-corrected chi connectivity index (χ1v) is 10.0. The second kappa shape index (κ2) is 8.28. The molecule has 6 heteroatoms. The van der Waals surface area contributed by atoms with Crippen molar-refractivity contribution in [3.63, 3.8) is 0 Å². The van der Waals surface area contributed by atoms with Crippen LogP contribution in [0.5, 0.6) is 0 Å². The van der Waals surface area contributed by atoms with Gasteiger partial charge in [-0.1, -0.05) is 42.5 Å². The van der Waals surface area contributed by atoms with Crippen molar-refractivity contribution in [1.82, 2.24) is 19.9 Å². The number of hydrogen-bond acceptors (Lipinski definition) is 6. The van der Waals surface area contributed by atoms with E-state index in [2.05, 4.69) is 45.3 Å². The van der Waals surface area contributed by atoms with E-state index in [0.717, 1.165) is 33.9 Å². The Morgan fingerprint density at radius 3 is 2.10 bits per heavy atom. The Hall–Kier alpha value is -4.19. The first-order chi connectivity index (χ1) is 15.3. The number of rotatable bonds is 4. The summed E-state index contributed by atoms with van der Waals surface area (Å²) in [7, 11) is 1.99. The van der Waals surface area contributed by atoms with E-state index in [9.17, 15) is 0 Å². The minimum absolute atomic E-state index is 0.241. The van der Waals surface area contributed by atoms with Crippen molar-refractivity contribution in [2.75, 3.05) is 7.05 Å². The van der Waals surface area contributed by atoms with E-state index in [1.165, 1.54) is 0 Å². The van der Waals surface area contributed by atoms with Crippen molar-refractivity contribution in [2.24, 2.45) is 9.98 Å². The predicted octanol–water partition coefficient (Wildman–Crippen LogP) is 4.38. The summed E-state index contributed by atoms with van der Waals surface area (Å²) in [6.07, 6.45) is 6.93. The topological polar surface area (TPSA) is 66.6 Å². The minimum atomic E-state index is -0.241. The number of amidine groups is 2. The lowest BCUT2D eigenvalue weighted by atomic mass is 10.0. The van der Waals surface area contributed by atoms with Crippen LogP contribution in [-0.2, 0) is 0 Å². The van der Waals surface area contributed by atoms with Crippen molar-refractivity contribution in [3.05, 3.63) is 115 Å². The lowest BCUT2D eigenvalue weighted by molar-refractivity contribution is 0.382. The summed E-state index contributed by atoms with van der Waals surface area (Å²) in [5.74, 6) is 1.36. The highest BCUT2D eigenvalue weighted by atomic mass is 15.3. The average molecular weight is 404 g/mol. The van der Waals surface area contributed by atoms with Crippen LogP contribution < -0.4 is 0 Å². The molecule has 0 saturated carbocycles. The van der Waals surface area contributed by atoms with Gasteiger partial charge in [0.2, 0.25) is 0 Å². The van der Waals surface area contributed by atoms with E-state index in [1.807, 2.05) is 60.6 Å². The highest BCUT2D eigenvalue weighted by molar-refractivity contribution is 6.11. The standard InChI is InChI=1S/C25H20N6/c1-31-24(19-12-10-18(11-13-19)20-7-6-14-26-17-20)29-23(21-8-2-4-15-27-21)30-25(31)22-9-3-5-16-28-22/h2-17,24H,1H3. The monoisotopic (exact) mass is 404 g/mol. The zero-order valence-corrected chi connectivity index (χ0v) is 17.0. The smallest absolute Gasteiger partial charge is 0.178 e. The number of pyridine rings is 3. The zero-order chi connectivity index (χ0) is 21.0.